The lowest BCUT2D eigenvalue weighted by molar-refractivity contribution is -0.115. The van der Waals surface area contributed by atoms with Crippen molar-refractivity contribution >= 4 is 41.1 Å². The fraction of sp³-hybridized carbons (Fsp3) is 0.308. The van der Waals surface area contributed by atoms with Crippen LogP contribution in [0, 0.1) is 3.57 Å². The Morgan fingerprint density at radius 1 is 1.42 bits per heavy atom. The summed E-state index contributed by atoms with van der Waals surface area (Å²) in [4.78, 5) is 34.9. The van der Waals surface area contributed by atoms with Gasteiger partial charge in [-0.15, -0.1) is 0 Å². The second-order valence-electron chi connectivity index (χ2n) is 4.24. The van der Waals surface area contributed by atoms with Crippen LogP contribution in [0.25, 0.3) is 0 Å². The molecule has 0 aromatic heterocycles. The zero-order valence-electron chi connectivity index (χ0n) is 9.95. The molecule has 1 aliphatic heterocycles. The Morgan fingerprint density at radius 3 is 2.74 bits per heavy atom. The summed E-state index contributed by atoms with van der Waals surface area (Å²) < 4.78 is 0.738. The Morgan fingerprint density at radius 2 is 2.16 bits per heavy atom. The molecule has 1 aliphatic rings. The number of hydrogen-bond acceptors (Lipinski definition) is 4. The summed E-state index contributed by atoms with van der Waals surface area (Å²) in [5, 5.41) is 10.2. The Hall–Kier alpha value is -1.28. The molecule has 5 nitrogen and oxygen atoms in total. The van der Waals surface area contributed by atoms with Crippen molar-refractivity contribution in [2.75, 3.05) is 0 Å². The number of carbonyl (C=O) groups excluding carboxylic acids is 3. The predicted molar refractivity (Wildman–Crippen MR) is 75.4 cm³/mol. The number of rotatable bonds is 5. The van der Waals surface area contributed by atoms with Gasteiger partial charge in [-0.3, -0.25) is 9.69 Å². The van der Waals surface area contributed by atoms with Crippen molar-refractivity contribution in [1.82, 2.24) is 4.90 Å². The monoisotopic (exact) mass is 373 g/mol. The number of amides is 1. The third-order valence-electron chi connectivity index (χ3n) is 3.13. The molecule has 1 aromatic rings. The fourth-order valence-corrected chi connectivity index (χ4v) is 2.96. The molecule has 0 saturated carbocycles. The summed E-state index contributed by atoms with van der Waals surface area (Å²) >= 11 is 2.02. The summed E-state index contributed by atoms with van der Waals surface area (Å²) in [6.45, 7) is 0. The van der Waals surface area contributed by atoms with E-state index in [0.29, 0.717) is 23.7 Å². The van der Waals surface area contributed by atoms with Gasteiger partial charge < -0.3 is 14.7 Å². The molecular formula is C13H12INO4. The Kier molecular flexibility index (Phi) is 4.31. The first-order valence-electron chi connectivity index (χ1n) is 5.80. The first kappa shape index (κ1) is 14.1. The van der Waals surface area contributed by atoms with Gasteiger partial charge in [0.25, 0.3) is 5.91 Å². The van der Waals surface area contributed by atoms with E-state index in [0.717, 1.165) is 8.47 Å². The van der Waals surface area contributed by atoms with Crippen molar-refractivity contribution in [2.45, 2.75) is 25.1 Å². The first-order valence-corrected chi connectivity index (χ1v) is 6.87. The standard InChI is InChI=1S/C13H12INO4/c14-10-5-1-4-9-11(10)13(19)15(12(9)18)8(7-17)3-2-6-16/h1,4-8,12,18H,2-3H2. The Labute approximate surface area is 123 Å². The van der Waals surface area contributed by atoms with Gasteiger partial charge in [0.1, 0.15) is 12.6 Å². The molecule has 19 heavy (non-hydrogen) atoms. The zero-order valence-corrected chi connectivity index (χ0v) is 12.1. The summed E-state index contributed by atoms with van der Waals surface area (Å²) in [5.41, 5.74) is 0.948. The van der Waals surface area contributed by atoms with Crippen LogP contribution in [0.1, 0.15) is 35.0 Å². The van der Waals surface area contributed by atoms with Gasteiger partial charge in [0, 0.05) is 15.6 Å². The normalized spacial score (nSPS) is 19.2. The molecule has 1 heterocycles. The molecule has 0 saturated heterocycles. The molecule has 1 N–H and O–H groups in total. The van der Waals surface area contributed by atoms with E-state index in [1.54, 1.807) is 18.2 Å². The zero-order chi connectivity index (χ0) is 14.0. The van der Waals surface area contributed by atoms with E-state index in [1.165, 1.54) is 0 Å². The molecule has 2 atom stereocenters. The van der Waals surface area contributed by atoms with Crippen LogP contribution >= 0.6 is 22.6 Å². The first-order chi connectivity index (χ1) is 9.11. The summed E-state index contributed by atoms with van der Waals surface area (Å²) in [7, 11) is 0. The Bertz CT molecular complexity index is 531. The molecule has 0 fully saturated rings. The van der Waals surface area contributed by atoms with E-state index in [4.69, 9.17) is 0 Å². The van der Waals surface area contributed by atoms with Crippen molar-refractivity contribution in [3.8, 4) is 0 Å². The molecule has 2 unspecified atom stereocenters. The molecule has 1 aromatic carbocycles. The third kappa shape index (κ3) is 2.42. The van der Waals surface area contributed by atoms with Gasteiger partial charge in [0.2, 0.25) is 0 Å². The Balaban J connectivity index is 2.36. The molecule has 0 aliphatic carbocycles. The van der Waals surface area contributed by atoms with Gasteiger partial charge in [0.15, 0.2) is 6.23 Å². The summed E-state index contributed by atoms with van der Waals surface area (Å²) in [5.74, 6) is -0.365. The van der Waals surface area contributed by atoms with Crippen LogP contribution in [0.2, 0.25) is 0 Å². The highest BCUT2D eigenvalue weighted by Crippen LogP contribution is 2.36. The van der Waals surface area contributed by atoms with Gasteiger partial charge in [0.05, 0.1) is 11.6 Å². The average molecular weight is 373 g/mol. The average Bonchev–Trinajstić information content (AvgIpc) is 2.66. The van der Waals surface area contributed by atoms with E-state index >= 15 is 0 Å². The van der Waals surface area contributed by atoms with Crippen LogP contribution in [0.5, 0.6) is 0 Å². The quantitative estimate of drug-likeness (QED) is 0.624. The van der Waals surface area contributed by atoms with Crippen LogP contribution in [-0.4, -0.2) is 34.5 Å². The number of carbonyl (C=O) groups is 3. The van der Waals surface area contributed by atoms with E-state index in [1.807, 2.05) is 22.6 Å². The maximum Gasteiger partial charge on any atom is 0.258 e. The van der Waals surface area contributed by atoms with Crippen molar-refractivity contribution in [2.24, 2.45) is 0 Å². The maximum absolute atomic E-state index is 12.3. The fourth-order valence-electron chi connectivity index (χ4n) is 2.22. The van der Waals surface area contributed by atoms with Gasteiger partial charge in [-0.05, 0) is 35.1 Å². The molecule has 0 spiro atoms. The largest absolute Gasteiger partial charge is 0.369 e. The van der Waals surface area contributed by atoms with Gasteiger partial charge >= 0.3 is 0 Å². The number of aliphatic hydroxyl groups is 1. The topological polar surface area (TPSA) is 74.7 Å². The van der Waals surface area contributed by atoms with E-state index < -0.39 is 12.3 Å². The molecule has 100 valence electrons. The molecular weight excluding hydrogens is 361 g/mol. The molecule has 1 amide bonds. The smallest absolute Gasteiger partial charge is 0.258 e. The number of benzene rings is 1. The van der Waals surface area contributed by atoms with Gasteiger partial charge in [-0.2, -0.15) is 0 Å². The highest BCUT2D eigenvalue weighted by molar-refractivity contribution is 14.1. The number of aldehydes is 2. The molecule has 6 heteroatoms. The number of fused-ring (bicyclic) bond motifs is 1. The van der Waals surface area contributed by atoms with Crippen LogP contribution in [0.4, 0.5) is 0 Å². The lowest BCUT2D eigenvalue weighted by atomic mass is 10.1. The lowest BCUT2D eigenvalue weighted by Crippen LogP contribution is -2.39. The third-order valence-corrected chi connectivity index (χ3v) is 4.03. The number of aliphatic hydroxyl groups excluding tert-OH is 1. The van der Waals surface area contributed by atoms with Crippen LogP contribution < -0.4 is 0 Å². The number of halogens is 1. The second-order valence-corrected chi connectivity index (χ2v) is 5.40. The van der Waals surface area contributed by atoms with Crippen molar-refractivity contribution in [3.63, 3.8) is 0 Å². The van der Waals surface area contributed by atoms with Gasteiger partial charge in [-0.1, -0.05) is 12.1 Å². The van der Waals surface area contributed by atoms with Crippen LogP contribution in [-0.2, 0) is 9.59 Å². The number of nitrogens with zero attached hydrogens (tertiary/aromatic N) is 1. The summed E-state index contributed by atoms with van der Waals surface area (Å²) in [6.07, 6.45) is 0.566. The maximum atomic E-state index is 12.3. The highest BCUT2D eigenvalue weighted by Gasteiger charge is 2.40. The van der Waals surface area contributed by atoms with Crippen molar-refractivity contribution in [1.29, 1.82) is 0 Å². The lowest BCUT2D eigenvalue weighted by Gasteiger charge is -2.26. The minimum atomic E-state index is -1.13. The summed E-state index contributed by atoms with van der Waals surface area (Å²) in [6, 6.07) is 4.41. The van der Waals surface area contributed by atoms with Crippen molar-refractivity contribution < 1.29 is 19.5 Å². The number of hydrogen-bond donors (Lipinski definition) is 1. The van der Waals surface area contributed by atoms with E-state index in [9.17, 15) is 19.5 Å². The van der Waals surface area contributed by atoms with E-state index in [-0.39, 0.29) is 18.7 Å². The van der Waals surface area contributed by atoms with Crippen LogP contribution in [0.15, 0.2) is 18.2 Å². The van der Waals surface area contributed by atoms with E-state index in [2.05, 4.69) is 0 Å². The predicted octanol–water partition coefficient (Wildman–Crippen LogP) is 1.28. The molecule has 0 radical (unpaired) electrons. The molecule has 0 bridgehead atoms. The van der Waals surface area contributed by atoms with Crippen LogP contribution in [0.3, 0.4) is 0 Å². The highest BCUT2D eigenvalue weighted by atomic mass is 127. The SMILES string of the molecule is O=CCCC(C=O)N1C(=O)c2c(I)cccc2C1O. The van der Waals surface area contributed by atoms with Gasteiger partial charge in [-0.25, -0.2) is 0 Å². The van der Waals surface area contributed by atoms with Crippen molar-refractivity contribution in [3.05, 3.63) is 32.9 Å². The second kappa shape index (κ2) is 5.79. The minimum Gasteiger partial charge on any atom is -0.369 e. The minimum absolute atomic E-state index is 0.174. The molecule has 2 rings (SSSR count).